The minimum absolute atomic E-state index is 0.210. The Morgan fingerprint density at radius 2 is 2.19 bits per heavy atom. The molecule has 2 aromatic rings. The van der Waals surface area contributed by atoms with Gasteiger partial charge in [-0.3, -0.25) is 4.79 Å². The maximum atomic E-state index is 12.7. The molecule has 26 heavy (non-hydrogen) atoms. The Balaban J connectivity index is 1.32. The molecule has 7 heteroatoms. The van der Waals surface area contributed by atoms with Gasteiger partial charge in [0.2, 0.25) is 5.91 Å². The molecule has 0 atom stereocenters. The Morgan fingerprint density at radius 1 is 1.35 bits per heavy atom. The lowest BCUT2D eigenvalue weighted by molar-refractivity contribution is -0.131. The number of likely N-dealkylation sites (tertiary alicyclic amines) is 1. The number of carbonyl (C=O) groups excluding carboxylic acids is 1. The van der Waals surface area contributed by atoms with Crippen molar-refractivity contribution in [1.82, 2.24) is 24.4 Å². The van der Waals surface area contributed by atoms with Crippen molar-refractivity contribution in [3.05, 3.63) is 36.8 Å². The van der Waals surface area contributed by atoms with Gasteiger partial charge < -0.3 is 14.4 Å². The van der Waals surface area contributed by atoms with Crippen molar-refractivity contribution in [3.63, 3.8) is 0 Å². The zero-order chi connectivity index (χ0) is 18.1. The number of aryl methyl sites for hydroxylation is 1. The second-order valence-electron chi connectivity index (χ2n) is 7.63. The van der Waals surface area contributed by atoms with Gasteiger partial charge in [-0.15, -0.1) is 0 Å². The molecule has 2 aliphatic rings. The Morgan fingerprint density at radius 3 is 2.92 bits per heavy atom. The summed E-state index contributed by atoms with van der Waals surface area (Å²) in [5, 5.41) is 0. The molecule has 1 aliphatic carbocycles. The number of nitrogens with zero attached hydrogens (tertiary/aromatic N) is 6. The second kappa shape index (κ2) is 6.70. The number of anilines is 1. The molecule has 1 saturated carbocycles. The number of amides is 1. The van der Waals surface area contributed by atoms with Crippen molar-refractivity contribution >= 4 is 11.7 Å². The number of hydrogen-bond acceptors (Lipinski definition) is 5. The van der Waals surface area contributed by atoms with Gasteiger partial charge in [-0.05, 0) is 30.7 Å². The molecule has 1 saturated heterocycles. The van der Waals surface area contributed by atoms with Crippen molar-refractivity contribution in [2.45, 2.75) is 45.2 Å². The molecule has 0 bridgehead atoms. The summed E-state index contributed by atoms with van der Waals surface area (Å²) < 4.78 is 1.97. The van der Waals surface area contributed by atoms with E-state index in [1.807, 2.05) is 21.7 Å². The van der Waals surface area contributed by atoms with Crippen LogP contribution in [0.2, 0.25) is 0 Å². The van der Waals surface area contributed by atoms with E-state index in [-0.39, 0.29) is 5.91 Å². The van der Waals surface area contributed by atoms with Gasteiger partial charge in [0.25, 0.3) is 0 Å². The van der Waals surface area contributed by atoms with Crippen LogP contribution in [0.3, 0.4) is 0 Å². The summed E-state index contributed by atoms with van der Waals surface area (Å²) in [6, 6.07) is 2.45. The summed E-state index contributed by atoms with van der Waals surface area (Å²) in [5.41, 5.74) is 0.296. The fourth-order valence-electron chi connectivity index (χ4n) is 4.42. The van der Waals surface area contributed by atoms with Crippen LogP contribution in [0, 0.1) is 5.41 Å². The molecule has 7 nitrogen and oxygen atoms in total. The molecular formula is C19H26N6O. The van der Waals surface area contributed by atoms with E-state index in [4.69, 9.17) is 0 Å². The average Bonchev–Trinajstić information content (AvgIpc) is 3.27. The molecule has 0 radical (unpaired) electrons. The summed E-state index contributed by atoms with van der Waals surface area (Å²) in [4.78, 5) is 29.6. The first-order chi connectivity index (χ1) is 12.6. The lowest BCUT2D eigenvalue weighted by Gasteiger charge is -2.49. The van der Waals surface area contributed by atoms with Gasteiger partial charge in [0.15, 0.2) is 0 Å². The average molecular weight is 354 g/mol. The summed E-state index contributed by atoms with van der Waals surface area (Å²) in [5.74, 6) is 2.16. The van der Waals surface area contributed by atoms with Crippen LogP contribution in [0.5, 0.6) is 0 Å². The van der Waals surface area contributed by atoms with Crippen LogP contribution in [0.1, 0.15) is 32.0 Å². The van der Waals surface area contributed by atoms with Crippen molar-refractivity contribution in [3.8, 4) is 0 Å². The van der Waals surface area contributed by atoms with E-state index in [1.165, 1.54) is 0 Å². The highest BCUT2D eigenvalue weighted by molar-refractivity contribution is 5.76. The molecule has 0 unspecified atom stereocenters. The topological polar surface area (TPSA) is 67.2 Å². The Hall–Kier alpha value is -2.44. The lowest BCUT2D eigenvalue weighted by Crippen LogP contribution is -2.51. The largest absolute Gasteiger partial charge is 0.357 e. The third-order valence-electron chi connectivity index (χ3n) is 6.03. The molecule has 2 aromatic heterocycles. The standard InChI is InChI=1S/C19H26N6O/c1-3-16-21-7-9-24(16)12-18(26)25-8-5-19(13-25)10-15(11-19)23(2)17-4-6-20-14-22-17/h4,6-7,9,14-15H,3,5,8,10-13H2,1-2H3. The Kier molecular flexibility index (Phi) is 4.38. The number of imidazole rings is 1. The SMILES string of the molecule is CCc1nccn1CC(=O)N1CCC2(CC(N(C)c3ccncn3)C2)C1. The smallest absolute Gasteiger partial charge is 0.242 e. The predicted molar refractivity (Wildman–Crippen MR) is 98.7 cm³/mol. The monoisotopic (exact) mass is 354 g/mol. The Bertz CT molecular complexity index is 767. The molecule has 1 amide bonds. The molecular weight excluding hydrogens is 328 g/mol. The van der Waals surface area contributed by atoms with Gasteiger partial charge in [-0.25, -0.2) is 15.0 Å². The number of hydrogen-bond donors (Lipinski definition) is 0. The number of carbonyl (C=O) groups is 1. The van der Waals surface area contributed by atoms with Gasteiger partial charge >= 0.3 is 0 Å². The van der Waals surface area contributed by atoms with E-state index in [9.17, 15) is 4.79 Å². The molecule has 0 N–H and O–H groups in total. The first kappa shape index (κ1) is 17.0. The Labute approximate surface area is 154 Å². The number of aromatic nitrogens is 4. The molecule has 1 spiro atoms. The van der Waals surface area contributed by atoms with E-state index in [2.05, 4.69) is 33.8 Å². The van der Waals surface area contributed by atoms with Crippen LogP contribution in [0.4, 0.5) is 5.82 Å². The summed E-state index contributed by atoms with van der Waals surface area (Å²) in [7, 11) is 2.10. The van der Waals surface area contributed by atoms with Crippen molar-refractivity contribution in [1.29, 1.82) is 0 Å². The van der Waals surface area contributed by atoms with E-state index < -0.39 is 0 Å². The molecule has 4 rings (SSSR count). The zero-order valence-electron chi connectivity index (χ0n) is 15.5. The predicted octanol–water partition coefficient (Wildman–Crippen LogP) is 1.75. The van der Waals surface area contributed by atoms with Crippen LogP contribution in [-0.4, -0.2) is 56.5 Å². The van der Waals surface area contributed by atoms with E-state index in [1.54, 1.807) is 18.7 Å². The summed E-state index contributed by atoms with van der Waals surface area (Å²) in [6.07, 6.45) is 11.3. The van der Waals surface area contributed by atoms with Crippen molar-refractivity contribution in [2.75, 3.05) is 25.0 Å². The van der Waals surface area contributed by atoms with Gasteiger partial charge in [-0.1, -0.05) is 6.92 Å². The van der Waals surface area contributed by atoms with Crippen molar-refractivity contribution in [2.24, 2.45) is 5.41 Å². The summed E-state index contributed by atoms with van der Waals surface area (Å²) >= 11 is 0. The minimum Gasteiger partial charge on any atom is -0.357 e. The normalized spacial score (nSPS) is 24.7. The van der Waals surface area contributed by atoms with Gasteiger partial charge in [0, 0.05) is 51.2 Å². The highest BCUT2D eigenvalue weighted by Crippen LogP contribution is 2.50. The highest BCUT2D eigenvalue weighted by Gasteiger charge is 2.50. The van der Waals surface area contributed by atoms with Gasteiger partial charge in [0.1, 0.15) is 24.5 Å². The maximum absolute atomic E-state index is 12.7. The van der Waals surface area contributed by atoms with Gasteiger partial charge in [-0.2, -0.15) is 0 Å². The summed E-state index contributed by atoms with van der Waals surface area (Å²) in [6.45, 7) is 4.23. The second-order valence-corrected chi connectivity index (χ2v) is 7.63. The minimum atomic E-state index is 0.210. The zero-order valence-corrected chi connectivity index (χ0v) is 15.5. The molecule has 2 fully saturated rings. The van der Waals surface area contributed by atoms with Crippen LogP contribution in [-0.2, 0) is 17.8 Å². The molecule has 0 aromatic carbocycles. The quantitative estimate of drug-likeness (QED) is 0.818. The third-order valence-corrected chi connectivity index (χ3v) is 6.03. The molecule has 3 heterocycles. The van der Waals surface area contributed by atoms with E-state index in [0.29, 0.717) is 18.0 Å². The fraction of sp³-hybridized carbons (Fsp3) is 0.579. The fourth-order valence-corrected chi connectivity index (χ4v) is 4.42. The third kappa shape index (κ3) is 3.06. The van der Waals surface area contributed by atoms with Crippen LogP contribution in [0.15, 0.2) is 31.0 Å². The van der Waals surface area contributed by atoms with Crippen LogP contribution >= 0.6 is 0 Å². The van der Waals surface area contributed by atoms with Crippen LogP contribution in [0.25, 0.3) is 0 Å². The molecule has 138 valence electrons. The first-order valence-corrected chi connectivity index (χ1v) is 9.37. The van der Waals surface area contributed by atoms with Crippen LogP contribution < -0.4 is 4.90 Å². The number of rotatable bonds is 5. The van der Waals surface area contributed by atoms with Crippen molar-refractivity contribution < 1.29 is 4.79 Å². The molecule has 1 aliphatic heterocycles. The maximum Gasteiger partial charge on any atom is 0.242 e. The first-order valence-electron chi connectivity index (χ1n) is 9.37. The van der Waals surface area contributed by atoms with Gasteiger partial charge in [0.05, 0.1) is 0 Å². The van der Waals surface area contributed by atoms with E-state index in [0.717, 1.165) is 50.4 Å². The highest BCUT2D eigenvalue weighted by atomic mass is 16.2. The lowest BCUT2D eigenvalue weighted by atomic mass is 9.64. The van der Waals surface area contributed by atoms with E-state index >= 15 is 0 Å².